The molecule has 0 bridgehead atoms. The number of hydrogen-bond acceptors (Lipinski definition) is 1. The van der Waals surface area contributed by atoms with Crippen molar-refractivity contribution in [2.45, 2.75) is 58.0 Å². The number of hydrogen-bond donors (Lipinski definition) is 0. The molecule has 4 aliphatic rings. The Kier molecular flexibility index (Phi) is 2.49. The maximum atomic E-state index is 2.71. The fraction of sp³-hybridized carbons (Fsp3) is 0.455. The van der Waals surface area contributed by atoms with E-state index in [1.165, 1.54) is 35.1 Å². The molecule has 0 aromatic heterocycles. The topological polar surface area (TPSA) is 3.24 Å². The molecule has 1 fully saturated rings. The van der Waals surface area contributed by atoms with Gasteiger partial charge in [0, 0.05) is 24.1 Å². The van der Waals surface area contributed by atoms with E-state index in [0.717, 1.165) is 12.0 Å². The first kappa shape index (κ1) is 13.7. The lowest BCUT2D eigenvalue weighted by atomic mass is 9.65. The lowest BCUT2D eigenvalue weighted by molar-refractivity contribution is 0.0797. The summed E-state index contributed by atoms with van der Waals surface area (Å²) in [7, 11) is 0. The zero-order valence-corrected chi connectivity index (χ0v) is 14.6. The zero-order valence-electron chi connectivity index (χ0n) is 14.6. The summed E-state index contributed by atoms with van der Waals surface area (Å²) in [6.07, 6.45) is 11.9. The highest BCUT2D eigenvalue weighted by atomic mass is 15.3. The normalized spacial score (nSPS) is 36.3. The molecule has 2 aliphatic heterocycles. The highest BCUT2D eigenvalue weighted by molar-refractivity contribution is 5.54. The van der Waals surface area contributed by atoms with Crippen LogP contribution in [0.3, 0.4) is 0 Å². The Balaban J connectivity index is 1.78. The summed E-state index contributed by atoms with van der Waals surface area (Å²) in [5, 5.41) is 0. The predicted octanol–water partition coefficient (Wildman–Crippen LogP) is 5.11. The summed E-state index contributed by atoms with van der Waals surface area (Å²) >= 11 is 0. The van der Waals surface area contributed by atoms with Crippen LogP contribution in [0.5, 0.6) is 0 Å². The summed E-state index contributed by atoms with van der Waals surface area (Å²) in [4.78, 5) is 2.71. The third-order valence-corrected chi connectivity index (χ3v) is 6.69. The second kappa shape index (κ2) is 4.20. The Bertz CT molecular complexity index is 810. The van der Waals surface area contributed by atoms with Crippen molar-refractivity contribution >= 4 is 0 Å². The number of nitrogens with zero attached hydrogens (tertiary/aromatic N) is 1. The smallest absolute Gasteiger partial charge is 0.0697 e. The van der Waals surface area contributed by atoms with Gasteiger partial charge in [-0.2, -0.15) is 0 Å². The van der Waals surface area contributed by atoms with Gasteiger partial charge in [-0.15, -0.1) is 0 Å². The molecule has 1 aromatic rings. The van der Waals surface area contributed by atoms with Crippen LogP contribution in [0.4, 0.5) is 0 Å². The van der Waals surface area contributed by atoms with E-state index < -0.39 is 0 Å². The molecule has 1 aromatic carbocycles. The summed E-state index contributed by atoms with van der Waals surface area (Å²) < 4.78 is 0. The van der Waals surface area contributed by atoms with Crippen molar-refractivity contribution in [1.82, 2.24) is 4.90 Å². The maximum absolute atomic E-state index is 2.71. The molecule has 1 saturated carbocycles. The van der Waals surface area contributed by atoms with Crippen molar-refractivity contribution in [3.8, 4) is 0 Å². The molecule has 2 aliphatic carbocycles. The molecule has 5 rings (SSSR count). The molecule has 4 atom stereocenters. The molecule has 3 unspecified atom stereocenters. The zero-order chi connectivity index (χ0) is 15.9. The summed E-state index contributed by atoms with van der Waals surface area (Å²) in [6.45, 7) is 9.35. The van der Waals surface area contributed by atoms with Crippen molar-refractivity contribution in [2.24, 2.45) is 5.92 Å². The number of allylic oxidation sites excluding steroid dienone is 4. The van der Waals surface area contributed by atoms with E-state index in [2.05, 4.69) is 69.2 Å². The third-order valence-electron chi connectivity index (χ3n) is 6.69. The van der Waals surface area contributed by atoms with Crippen LogP contribution >= 0.6 is 0 Å². The fourth-order valence-electron chi connectivity index (χ4n) is 5.53. The van der Waals surface area contributed by atoms with Crippen molar-refractivity contribution in [3.63, 3.8) is 0 Å². The van der Waals surface area contributed by atoms with Crippen LogP contribution in [0, 0.1) is 19.8 Å². The van der Waals surface area contributed by atoms with Gasteiger partial charge in [0.1, 0.15) is 0 Å². The molecular weight excluding hydrogens is 278 g/mol. The van der Waals surface area contributed by atoms with E-state index >= 15 is 0 Å². The maximum Gasteiger partial charge on any atom is 0.0697 e. The Labute approximate surface area is 139 Å². The number of aryl methyl sites for hydroxylation is 2. The average Bonchev–Trinajstić information content (AvgIpc) is 3.27. The van der Waals surface area contributed by atoms with Crippen molar-refractivity contribution in [1.29, 1.82) is 0 Å². The van der Waals surface area contributed by atoms with Gasteiger partial charge in [-0.3, -0.25) is 0 Å². The van der Waals surface area contributed by atoms with Crippen molar-refractivity contribution < 1.29 is 0 Å². The Morgan fingerprint density at radius 1 is 1.13 bits per heavy atom. The highest BCUT2D eigenvalue weighted by Crippen LogP contribution is 2.62. The molecule has 0 spiro atoms. The molecule has 0 radical (unpaired) electrons. The molecule has 0 saturated heterocycles. The number of rotatable bonds is 0. The van der Waals surface area contributed by atoms with Crippen LogP contribution in [-0.2, 0) is 5.54 Å². The van der Waals surface area contributed by atoms with Crippen LogP contribution in [0.1, 0.15) is 54.9 Å². The van der Waals surface area contributed by atoms with Crippen LogP contribution in [0.15, 0.2) is 47.7 Å². The van der Waals surface area contributed by atoms with Crippen LogP contribution < -0.4 is 0 Å². The monoisotopic (exact) mass is 303 g/mol. The van der Waals surface area contributed by atoms with Gasteiger partial charge in [0.15, 0.2) is 0 Å². The lowest BCUT2D eigenvalue weighted by Gasteiger charge is -2.54. The molecule has 0 amide bonds. The largest absolute Gasteiger partial charge is 0.364 e. The molecular formula is C22H25N. The van der Waals surface area contributed by atoms with E-state index in [0.29, 0.717) is 5.92 Å². The van der Waals surface area contributed by atoms with E-state index in [4.69, 9.17) is 0 Å². The van der Waals surface area contributed by atoms with Crippen LogP contribution in [0.25, 0.3) is 0 Å². The lowest BCUT2D eigenvalue weighted by Crippen LogP contribution is -2.53. The molecule has 23 heavy (non-hydrogen) atoms. The van der Waals surface area contributed by atoms with Gasteiger partial charge in [-0.05, 0) is 68.9 Å². The van der Waals surface area contributed by atoms with Gasteiger partial charge in [-0.25, -0.2) is 0 Å². The minimum atomic E-state index is 0.111. The van der Waals surface area contributed by atoms with Gasteiger partial charge in [0.2, 0.25) is 0 Å². The summed E-state index contributed by atoms with van der Waals surface area (Å²) in [5.74, 6) is 1.34. The SMILES string of the molecule is CC1=CC=C2C=CN3C4CC4c4c(C)cc(C)cc4[C@@]3(C)C2C1. The van der Waals surface area contributed by atoms with E-state index in [-0.39, 0.29) is 5.54 Å². The fourth-order valence-corrected chi connectivity index (χ4v) is 5.53. The van der Waals surface area contributed by atoms with Crippen LogP contribution in [0.2, 0.25) is 0 Å². The van der Waals surface area contributed by atoms with E-state index in [1.54, 1.807) is 11.1 Å². The Hall–Kier alpha value is -1.76. The quantitative estimate of drug-likeness (QED) is 0.644. The number of benzene rings is 1. The minimum Gasteiger partial charge on any atom is -0.364 e. The minimum absolute atomic E-state index is 0.111. The average molecular weight is 303 g/mol. The van der Waals surface area contributed by atoms with Crippen molar-refractivity contribution in [3.05, 3.63) is 70.0 Å². The van der Waals surface area contributed by atoms with Gasteiger partial charge >= 0.3 is 0 Å². The Morgan fingerprint density at radius 2 is 1.96 bits per heavy atom. The standard InChI is InChI=1S/C22H25N/c1-13-5-6-16-7-8-23-20-12-17(20)21-15(3)9-14(2)11-19(21)22(23,4)18(16)10-13/h5-9,11,17-18,20H,10,12H2,1-4H3/t17?,18?,20?,22-/m1/s1. The van der Waals surface area contributed by atoms with Gasteiger partial charge in [0.05, 0.1) is 5.54 Å². The number of fused-ring (bicyclic) bond motifs is 8. The third kappa shape index (κ3) is 1.63. The second-order valence-corrected chi connectivity index (χ2v) is 8.26. The van der Waals surface area contributed by atoms with E-state index in [9.17, 15) is 0 Å². The van der Waals surface area contributed by atoms with Gasteiger partial charge in [0.25, 0.3) is 0 Å². The van der Waals surface area contributed by atoms with Crippen molar-refractivity contribution in [2.75, 3.05) is 0 Å². The van der Waals surface area contributed by atoms with Crippen LogP contribution in [-0.4, -0.2) is 10.9 Å². The molecule has 0 N–H and O–H groups in total. The summed E-state index contributed by atoms with van der Waals surface area (Å²) in [5.41, 5.74) is 9.32. The van der Waals surface area contributed by atoms with Gasteiger partial charge < -0.3 is 4.90 Å². The molecule has 2 heterocycles. The molecule has 1 nitrogen and oxygen atoms in total. The Morgan fingerprint density at radius 3 is 2.78 bits per heavy atom. The van der Waals surface area contributed by atoms with Gasteiger partial charge in [-0.1, -0.05) is 35.4 Å². The highest BCUT2D eigenvalue weighted by Gasteiger charge is 2.59. The molecule has 1 heteroatoms. The molecule has 118 valence electrons. The van der Waals surface area contributed by atoms with E-state index in [1.807, 2.05) is 0 Å². The predicted molar refractivity (Wildman–Crippen MR) is 95.3 cm³/mol. The first-order valence-electron chi connectivity index (χ1n) is 8.96. The first-order valence-corrected chi connectivity index (χ1v) is 8.96. The second-order valence-electron chi connectivity index (χ2n) is 8.26. The summed E-state index contributed by atoms with van der Waals surface area (Å²) in [6, 6.07) is 5.58. The first-order chi connectivity index (χ1) is 11.0.